The average molecular weight is 307 g/mol. The van der Waals surface area contributed by atoms with Gasteiger partial charge in [-0.25, -0.2) is 4.98 Å². The number of imidazole rings is 1. The molecule has 2 nitrogen and oxygen atoms in total. The summed E-state index contributed by atoms with van der Waals surface area (Å²) in [6.07, 6.45) is 4.92. The zero-order chi connectivity index (χ0) is 12.6. The highest BCUT2D eigenvalue weighted by molar-refractivity contribution is 9.09. The molecule has 1 fully saturated rings. The second-order valence-electron chi connectivity index (χ2n) is 5.49. The van der Waals surface area contributed by atoms with Crippen LogP contribution in [-0.2, 0) is 13.0 Å². The molecule has 1 heterocycles. The van der Waals surface area contributed by atoms with Crippen molar-refractivity contribution in [3.05, 3.63) is 30.1 Å². The number of para-hydroxylation sites is 2. The number of fused-ring (bicyclic) bond motifs is 1. The van der Waals surface area contributed by atoms with Gasteiger partial charge < -0.3 is 4.57 Å². The fourth-order valence-electron chi connectivity index (χ4n) is 2.56. The summed E-state index contributed by atoms with van der Waals surface area (Å²) in [6, 6.07) is 8.52. The van der Waals surface area contributed by atoms with Crippen molar-refractivity contribution in [3.63, 3.8) is 0 Å². The van der Waals surface area contributed by atoms with Crippen LogP contribution in [0.1, 0.15) is 32.0 Å². The van der Waals surface area contributed by atoms with Crippen LogP contribution >= 0.6 is 15.9 Å². The van der Waals surface area contributed by atoms with Crippen molar-refractivity contribution in [2.24, 2.45) is 5.41 Å². The first-order valence-corrected chi connectivity index (χ1v) is 7.90. The standard InChI is InChI=1S/C15H19BrN2/c1-2-5-14-17-12-6-3-4-7-13(12)18(14)11-15(10-16)8-9-15/h3-4,6-7H,2,5,8-11H2,1H3. The van der Waals surface area contributed by atoms with E-state index in [4.69, 9.17) is 4.98 Å². The molecule has 0 atom stereocenters. The van der Waals surface area contributed by atoms with Gasteiger partial charge in [-0.3, -0.25) is 0 Å². The number of halogens is 1. The Morgan fingerprint density at radius 2 is 2.11 bits per heavy atom. The molecule has 0 spiro atoms. The third-order valence-electron chi connectivity index (χ3n) is 3.94. The Hall–Kier alpha value is -0.830. The van der Waals surface area contributed by atoms with Crippen LogP contribution < -0.4 is 0 Å². The lowest BCUT2D eigenvalue weighted by atomic mass is 10.1. The SMILES string of the molecule is CCCc1nc2ccccc2n1CC1(CBr)CC1. The molecule has 0 aliphatic heterocycles. The fourth-order valence-corrected chi connectivity index (χ4v) is 3.30. The molecule has 0 saturated heterocycles. The van der Waals surface area contributed by atoms with Crippen molar-refractivity contribution >= 4 is 27.0 Å². The van der Waals surface area contributed by atoms with Gasteiger partial charge in [0, 0.05) is 18.3 Å². The molecule has 1 aliphatic rings. The van der Waals surface area contributed by atoms with E-state index in [0.717, 1.165) is 30.2 Å². The van der Waals surface area contributed by atoms with Crippen molar-refractivity contribution in [1.29, 1.82) is 0 Å². The number of hydrogen-bond acceptors (Lipinski definition) is 1. The minimum Gasteiger partial charge on any atom is -0.327 e. The van der Waals surface area contributed by atoms with Crippen LogP contribution in [-0.4, -0.2) is 14.9 Å². The molecule has 18 heavy (non-hydrogen) atoms. The molecule has 1 aromatic carbocycles. The molecule has 1 aromatic heterocycles. The third-order valence-corrected chi connectivity index (χ3v) is 5.13. The molecule has 96 valence electrons. The number of nitrogens with zero attached hydrogens (tertiary/aromatic N) is 2. The van der Waals surface area contributed by atoms with E-state index in [1.807, 2.05) is 0 Å². The number of benzene rings is 1. The summed E-state index contributed by atoms with van der Waals surface area (Å²) in [7, 11) is 0. The summed E-state index contributed by atoms with van der Waals surface area (Å²) < 4.78 is 2.45. The summed E-state index contributed by atoms with van der Waals surface area (Å²) >= 11 is 3.67. The quantitative estimate of drug-likeness (QED) is 0.758. The number of rotatable bonds is 5. The van der Waals surface area contributed by atoms with E-state index in [1.165, 1.54) is 24.2 Å². The lowest BCUT2D eigenvalue weighted by molar-refractivity contribution is 0.470. The van der Waals surface area contributed by atoms with E-state index in [2.05, 4.69) is 51.7 Å². The van der Waals surface area contributed by atoms with Gasteiger partial charge in [-0.2, -0.15) is 0 Å². The van der Waals surface area contributed by atoms with Crippen LogP contribution in [0, 0.1) is 5.41 Å². The minimum absolute atomic E-state index is 0.492. The Bertz CT molecular complexity index is 555. The van der Waals surface area contributed by atoms with Gasteiger partial charge in [-0.05, 0) is 36.8 Å². The van der Waals surface area contributed by atoms with Crippen molar-refractivity contribution in [2.45, 2.75) is 39.2 Å². The highest BCUT2D eigenvalue weighted by Crippen LogP contribution is 2.49. The molecule has 0 N–H and O–H groups in total. The van der Waals surface area contributed by atoms with Gasteiger partial charge in [-0.1, -0.05) is 35.0 Å². The van der Waals surface area contributed by atoms with E-state index >= 15 is 0 Å². The van der Waals surface area contributed by atoms with Crippen LogP contribution in [0.2, 0.25) is 0 Å². The first kappa shape index (κ1) is 12.2. The summed E-state index contributed by atoms with van der Waals surface area (Å²) in [5, 5.41) is 1.11. The van der Waals surface area contributed by atoms with Crippen LogP contribution in [0.25, 0.3) is 11.0 Å². The lowest BCUT2D eigenvalue weighted by Gasteiger charge is -2.15. The number of aromatic nitrogens is 2. The Morgan fingerprint density at radius 1 is 1.33 bits per heavy atom. The molecular weight excluding hydrogens is 288 g/mol. The van der Waals surface area contributed by atoms with Crippen molar-refractivity contribution in [2.75, 3.05) is 5.33 Å². The van der Waals surface area contributed by atoms with E-state index < -0.39 is 0 Å². The Morgan fingerprint density at radius 3 is 2.78 bits per heavy atom. The molecule has 1 aliphatic carbocycles. The van der Waals surface area contributed by atoms with Crippen molar-refractivity contribution < 1.29 is 0 Å². The molecular formula is C15H19BrN2. The highest BCUT2D eigenvalue weighted by Gasteiger charge is 2.42. The molecule has 1 saturated carbocycles. The first-order chi connectivity index (χ1) is 8.78. The van der Waals surface area contributed by atoms with Crippen molar-refractivity contribution in [3.8, 4) is 0 Å². The Kier molecular flexibility index (Phi) is 3.18. The smallest absolute Gasteiger partial charge is 0.109 e. The van der Waals surface area contributed by atoms with Crippen LogP contribution in [0.3, 0.4) is 0 Å². The third kappa shape index (κ3) is 2.09. The summed E-state index contributed by atoms with van der Waals surface area (Å²) in [4.78, 5) is 4.80. The minimum atomic E-state index is 0.492. The van der Waals surface area contributed by atoms with E-state index in [9.17, 15) is 0 Å². The highest BCUT2D eigenvalue weighted by atomic mass is 79.9. The van der Waals surface area contributed by atoms with Crippen LogP contribution in [0.5, 0.6) is 0 Å². The number of hydrogen-bond donors (Lipinski definition) is 0. The van der Waals surface area contributed by atoms with Gasteiger partial charge in [0.1, 0.15) is 5.82 Å². The molecule has 0 radical (unpaired) electrons. The fraction of sp³-hybridized carbons (Fsp3) is 0.533. The van der Waals surface area contributed by atoms with Crippen LogP contribution in [0.15, 0.2) is 24.3 Å². The van der Waals surface area contributed by atoms with E-state index in [-0.39, 0.29) is 0 Å². The van der Waals surface area contributed by atoms with E-state index in [1.54, 1.807) is 0 Å². The van der Waals surface area contributed by atoms with Gasteiger partial charge >= 0.3 is 0 Å². The van der Waals surface area contributed by atoms with Crippen molar-refractivity contribution in [1.82, 2.24) is 9.55 Å². The summed E-state index contributed by atoms with van der Waals surface area (Å²) in [5.74, 6) is 1.26. The van der Waals surface area contributed by atoms with E-state index in [0.29, 0.717) is 5.41 Å². The van der Waals surface area contributed by atoms with Crippen LogP contribution in [0.4, 0.5) is 0 Å². The lowest BCUT2D eigenvalue weighted by Crippen LogP contribution is -2.15. The van der Waals surface area contributed by atoms with Gasteiger partial charge in [0.25, 0.3) is 0 Å². The number of aryl methyl sites for hydroxylation is 1. The largest absolute Gasteiger partial charge is 0.327 e. The molecule has 2 aromatic rings. The summed E-state index contributed by atoms with van der Waals surface area (Å²) in [5.41, 5.74) is 2.94. The zero-order valence-corrected chi connectivity index (χ0v) is 12.4. The zero-order valence-electron chi connectivity index (χ0n) is 10.8. The Balaban J connectivity index is 2.03. The first-order valence-electron chi connectivity index (χ1n) is 6.78. The topological polar surface area (TPSA) is 17.8 Å². The second-order valence-corrected chi connectivity index (χ2v) is 6.05. The monoisotopic (exact) mass is 306 g/mol. The molecule has 0 amide bonds. The predicted octanol–water partition coefficient (Wildman–Crippen LogP) is 4.16. The van der Waals surface area contributed by atoms with Gasteiger partial charge in [0.2, 0.25) is 0 Å². The van der Waals surface area contributed by atoms with Gasteiger partial charge in [-0.15, -0.1) is 0 Å². The Labute approximate surface area is 117 Å². The maximum absolute atomic E-state index is 4.80. The average Bonchev–Trinajstić information content (AvgIpc) is 3.09. The normalized spacial score (nSPS) is 17.2. The molecule has 0 bridgehead atoms. The molecule has 3 rings (SSSR count). The predicted molar refractivity (Wildman–Crippen MR) is 79.2 cm³/mol. The summed E-state index contributed by atoms with van der Waals surface area (Å²) in [6.45, 7) is 3.34. The van der Waals surface area contributed by atoms with Gasteiger partial charge in [0.05, 0.1) is 11.0 Å². The molecule has 0 unspecified atom stereocenters. The molecule has 3 heteroatoms. The maximum atomic E-state index is 4.80. The number of alkyl halides is 1. The van der Waals surface area contributed by atoms with Gasteiger partial charge in [0.15, 0.2) is 0 Å². The maximum Gasteiger partial charge on any atom is 0.109 e. The second kappa shape index (κ2) is 4.69.